The first-order chi connectivity index (χ1) is 17.1. The van der Waals surface area contributed by atoms with Crippen LogP contribution in [0.25, 0.3) is 10.2 Å². The van der Waals surface area contributed by atoms with E-state index >= 15 is 0 Å². The number of hydrogen-bond acceptors (Lipinski definition) is 9. The van der Waals surface area contributed by atoms with Crippen molar-refractivity contribution >= 4 is 39.1 Å². The topological polar surface area (TPSA) is 79.3 Å². The van der Waals surface area contributed by atoms with Crippen molar-refractivity contribution in [3.8, 4) is 5.19 Å². The summed E-state index contributed by atoms with van der Waals surface area (Å²) in [5.74, 6) is 2.25. The number of piperazine rings is 1. The van der Waals surface area contributed by atoms with Gasteiger partial charge >= 0.3 is 0 Å². The fraction of sp³-hybridized carbons (Fsp3) is 0.385. The maximum Gasteiger partial charge on any atom is 0.274 e. The van der Waals surface area contributed by atoms with E-state index in [1.54, 1.807) is 0 Å². The second kappa shape index (κ2) is 9.05. The average Bonchev–Trinajstić information content (AvgIpc) is 3.57. The number of nitrogens with one attached hydrogen (secondary N) is 1. The fourth-order valence-corrected chi connectivity index (χ4v) is 5.97. The van der Waals surface area contributed by atoms with Gasteiger partial charge in [-0.1, -0.05) is 48.6 Å². The number of ether oxygens (including phenoxy) is 1. The molecule has 0 saturated carbocycles. The van der Waals surface area contributed by atoms with E-state index < -0.39 is 0 Å². The zero-order chi connectivity index (χ0) is 23.9. The van der Waals surface area contributed by atoms with Crippen molar-refractivity contribution in [2.75, 3.05) is 29.9 Å². The molecule has 4 aromatic rings. The van der Waals surface area contributed by atoms with Crippen LogP contribution in [-0.4, -0.2) is 56.6 Å². The number of aromatic nitrogens is 4. The average molecular weight is 488 g/mol. The van der Waals surface area contributed by atoms with Crippen LogP contribution in [0.1, 0.15) is 37.6 Å². The van der Waals surface area contributed by atoms with E-state index in [-0.39, 0.29) is 6.10 Å². The van der Waals surface area contributed by atoms with Crippen molar-refractivity contribution < 1.29 is 4.74 Å². The van der Waals surface area contributed by atoms with Gasteiger partial charge in [-0.3, -0.25) is 4.90 Å². The summed E-state index contributed by atoms with van der Waals surface area (Å²) in [5.41, 5.74) is 2.91. The smallest absolute Gasteiger partial charge is 0.274 e. The Bertz CT molecular complexity index is 1340. The number of anilines is 3. The van der Waals surface area contributed by atoms with Crippen molar-refractivity contribution in [1.29, 1.82) is 0 Å². The molecule has 8 nitrogen and oxygen atoms in total. The SMILES string of the molecule is CCN1C[C@@H]2C[C@H]1CN2c1nc(C)cc(Nc2cc3nc(OC(C)c4ccccc4)sc3cn2)n1. The summed E-state index contributed by atoms with van der Waals surface area (Å²) in [6, 6.07) is 15.2. The largest absolute Gasteiger partial charge is 0.462 e. The van der Waals surface area contributed by atoms with Gasteiger partial charge in [0.2, 0.25) is 5.95 Å². The highest BCUT2D eigenvalue weighted by atomic mass is 32.1. The maximum atomic E-state index is 6.10. The Hall–Kier alpha value is -3.30. The van der Waals surface area contributed by atoms with Gasteiger partial charge in [-0.2, -0.15) is 4.98 Å². The lowest BCUT2D eigenvalue weighted by Crippen LogP contribution is -2.46. The molecule has 2 aliphatic heterocycles. The van der Waals surface area contributed by atoms with Gasteiger partial charge in [0.25, 0.3) is 5.19 Å². The van der Waals surface area contributed by atoms with Gasteiger partial charge in [-0.25, -0.2) is 15.0 Å². The molecule has 2 bridgehead atoms. The molecule has 35 heavy (non-hydrogen) atoms. The predicted molar refractivity (Wildman–Crippen MR) is 140 cm³/mol. The van der Waals surface area contributed by atoms with Gasteiger partial charge < -0.3 is 15.0 Å². The maximum absolute atomic E-state index is 6.10. The number of benzene rings is 1. The molecule has 2 aliphatic rings. The number of aryl methyl sites for hydroxylation is 1. The van der Waals surface area contributed by atoms with Crippen LogP contribution in [0.4, 0.5) is 17.6 Å². The highest BCUT2D eigenvalue weighted by Crippen LogP contribution is 2.34. The second-order valence-corrected chi connectivity index (χ2v) is 10.3. The normalized spacial score (nSPS) is 20.5. The number of fused-ring (bicyclic) bond motifs is 3. The molecule has 1 aromatic carbocycles. The Morgan fingerprint density at radius 1 is 1.09 bits per heavy atom. The highest BCUT2D eigenvalue weighted by Gasteiger charge is 2.43. The summed E-state index contributed by atoms with van der Waals surface area (Å²) in [6.45, 7) is 9.48. The molecule has 3 aromatic heterocycles. The van der Waals surface area contributed by atoms with E-state index in [9.17, 15) is 0 Å². The standard InChI is InChI=1S/C26H29N7OS/c1-4-32-14-20-11-19(32)15-33(20)25-28-16(2)10-24(31-25)30-23-12-21-22(13-27-23)35-26(29-21)34-17(3)18-8-6-5-7-9-18/h5-10,12-13,17,19-20H,4,11,14-15H2,1-3H3,(H,27,28,30,31)/t17?,19-,20-/m0/s1. The minimum atomic E-state index is -0.0741. The van der Waals surface area contributed by atoms with E-state index in [1.807, 2.05) is 50.4 Å². The van der Waals surface area contributed by atoms with Gasteiger partial charge in [0.1, 0.15) is 17.7 Å². The molecule has 180 valence electrons. The van der Waals surface area contributed by atoms with E-state index in [0.29, 0.717) is 23.1 Å². The molecule has 2 saturated heterocycles. The van der Waals surface area contributed by atoms with Crippen LogP contribution in [0.15, 0.2) is 48.7 Å². The lowest BCUT2D eigenvalue weighted by molar-refractivity contribution is 0.226. The van der Waals surface area contributed by atoms with Gasteiger partial charge in [-0.15, -0.1) is 0 Å². The first-order valence-electron chi connectivity index (χ1n) is 12.2. The molecule has 6 rings (SSSR count). The van der Waals surface area contributed by atoms with Crippen LogP contribution in [0.3, 0.4) is 0 Å². The van der Waals surface area contributed by atoms with Crippen LogP contribution in [0.5, 0.6) is 5.19 Å². The molecule has 1 N–H and O–H groups in total. The molecule has 0 amide bonds. The summed E-state index contributed by atoms with van der Waals surface area (Å²) >= 11 is 1.51. The van der Waals surface area contributed by atoms with Gasteiger partial charge in [0, 0.05) is 49.2 Å². The zero-order valence-electron chi connectivity index (χ0n) is 20.2. The molecular formula is C26H29N7OS. The first-order valence-corrected chi connectivity index (χ1v) is 13.0. The van der Waals surface area contributed by atoms with Crippen molar-refractivity contribution in [3.05, 3.63) is 59.9 Å². The number of pyridine rings is 1. The Morgan fingerprint density at radius 3 is 2.71 bits per heavy atom. The van der Waals surface area contributed by atoms with Crippen LogP contribution < -0.4 is 15.0 Å². The molecule has 9 heteroatoms. The highest BCUT2D eigenvalue weighted by molar-refractivity contribution is 7.20. The number of likely N-dealkylation sites (tertiary alicyclic amines) is 1. The number of rotatable bonds is 7. The van der Waals surface area contributed by atoms with Gasteiger partial charge in [0.05, 0.1) is 10.2 Å². The summed E-state index contributed by atoms with van der Waals surface area (Å²) in [7, 11) is 0. The first kappa shape index (κ1) is 22.2. The van der Waals surface area contributed by atoms with Gasteiger partial charge in [-0.05, 0) is 32.4 Å². The molecule has 2 fully saturated rings. The number of thiazole rings is 1. The van der Waals surface area contributed by atoms with Crippen LogP contribution in [0, 0.1) is 6.92 Å². The zero-order valence-corrected chi connectivity index (χ0v) is 21.0. The Morgan fingerprint density at radius 2 is 1.94 bits per heavy atom. The molecule has 5 heterocycles. The minimum Gasteiger partial charge on any atom is -0.462 e. The monoisotopic (exact) mass is 487 g/mol. The van der Waals surface area contributed by atoms with Crippen molar-refractivity contribution in [1.82, 2.24) is 24.8 Å². The third-order valence-corrected chi connectivity index (χ3v) is 7.81. The van der Waals surface area contributed by atoms with E-state index in [0.717, 1.165) is 52.9 Å². The van der Waals surface area contributed by atoms with Crippen LogP contribution >= 0.6 is 11.3 Å². The van der Waals surface area contributed by atoms with Crippen LogP contribution in [-0.2, 0) is 0 Å². The predicted octanol–water partition coefficient (Wildman–Crippen LogP) is 4.96. The number of nitrogens with zero attached hydrogens (tertiary/aromatic N) is 6. The molecule has 0 radical (unpaired) electrons. The summed E-state index contributed by atoms with van der Waals surface area (Å²) in [6.07, 6.45) is 2.96. The lowest BCUT2D eigenvalue weighted by atomic mass is 10.1. The van der Waals surface area contributed by atoms with Crippen molar-refractivity contribution in [2.45, 2.75) is 45.4 Å². The summed E-state index contributed by atoms with van der Waals surface area (Å²) in [4.78, 5) is 23.8. The quantitative estimate of drug-likeness (QED) is 0.392. The molecule has 3 atom stereocenters. The second-order valence-electron chi connectivity index (χ2n) is 9.29. The molecule has 1 unspecified atom stereocenters. The molecule has 0 aliphatic carbocycles. The van der Waals surface area contributed by atoms with Crippen LogP contribution in [0.2, 0.25) is 0 Å². The van der Waals surface area contributed by atoms with E-state index in [2.05, 4.69) is 39.2 Å². The van der Waals surface area contributed by atoms with E-state index in [1.165, 1.54) is 17.8 Å². The fourth-order valence-electron chi connectivity index (χ4n) is 5.13. The summed E-state index contributed by atoms with van der Waals surface area (Å²) in [5, 5.41) is 4.00. The van der Waals surface area contributed by atoms with Gasteiger partial charge in [0.15, 0.2) is 0 Å². The Balaban J connectivity index is 1.19. The van der Waals surface area contributed by atoms with Crippen molar-refractivity contribution in [2.24, 2.45) is 0 Å². The number of likely N-dealkylation sites (N-methyl/N-ethyl adjacent to an activating group) is 1. The van der Waals surface area contributed by atoms with Crippen molar-refractivity contribution in [3.63, 3.8) is 0 Å². The van der Waals surface area contributed by atoms with E-state index in [4.69, 9.17) is 19.7 Å². The third-order valence-electron chi connectivity index (χ3n) is 6.92. The minimum absolute atomic E-state index is 0.0741. The summed E-state index contributed by atoms with van der Waals surface area (Å²) < 4.78 is 7.09. The molecular weight excluding hydrogens is 458 g/mol. The number of hydrogen-bond donors (Lipinski definition) is 1. The third kappa shape index (κ3) is 4.41. The molecule has 0 spiro atoms. The lowest BCUT2D eigenvalue weighted by Gasteiger charge is -2.33. The Labute approximate surface area is 209 Å². The Kier molecular flexibility index (Phi) is 5.74.